The summed E-state index contributed by atoms with van der Waals surface area (Å²) in [6, 6.07) is 3.03. The summed E-state index contributed by atoms with van der Waals surface area (Å²) in [6.45, 7) is 1.66. The van der Waals surface area contributed by atoms with Crippen LogP contribution in [0.4, 0.5) is 5.69 Å². The minimum Gasteiger partial charge on any atom is -0.377 e. The van der Waals surface area contributed by atoms with Crippen LogP contribution >= 0.6 is 34.8 Å². The molecule has 1 aliphatic heterocycles. The van der Waals surface area contributed by atoms with Crippen LogP contribution in [0.1, 0.15) is 12.8 Å². The smallest absolute Gasteiger partial charge is 0.238 e. The maximum atomic E-state index is 11.8. The standard InChI is InChI=1S/C13H15Cl3N2O2/c14-9-4-11(16)12(5-10(9)15)18-13(19)7-17-6-8-2-1-3-20-8/h4-5,8,17H,1-3,6-7H2,(H,18,19). The molecular weight excluding hydrogens is 323 g/mol. The zero-order valence-electron chi connectivity index (χ0n) is 10.7. The van der Waals surface area contributed by atoms with E-state index in [-0.39, 0.29) is 18.6 Å². The lowest BCUT2D eigenvalue weighted by Crippen LogP contribution is -2.33. The quantitative estimate of drug-likeness (QED) is 0.810. The van der Waals surface area contributed by atoms with Gasteiger partial charge < -0.3 is 15.4 Å². The number of ether oxygens (including phenoxy) is 1. The molecule has 0 spiro atoms. The number of carbonyl (C=O) groups excluding carboxylic acids is 1. The summed E-state index contributed by atoms with van der Waals surface area (Å²) in [7, 11) is 0. The summed E-state index contributed by atoms with van der Waals surface area (Å²) in [5, 5.41) is 6.79. The molecule has 7 heteroatoms. The lowest BCUT2D eigenvalue weighted by atomic mass is 10.2. The Morgan fingerprint density at radius 2 is 2.00 bits per heavy atom. The Kier molecular flexibility index (Phi) is 5.93. The average Bonchev–Trinajstić information content (AvgIpc) is 2.89. The van der Waals surface area contributed by atoms with E-state index in [1.807, 2.05) is 0 Å². The van der Waals surface area contributed by atoms with Crippen LogP contribution in [0.15, 0.2) is 12.1 Å². The van der Waals surface area contributed by atoms with E-state index >= 15 is 0 Å². The van der Waals surface area contributed by atoms with Crippen LogP contribution in [0.5, 0.6) is 0 Å². The number of amides is 1. The van der Waals surface area contributed by atoms with Gasteiger partial charge in [-0.25, -0.2) is 0 Å². The zero-order chi connectivity index (χ0) is 14.5. The topological polar surface area (TPSA) is 50.4 Å². The van der Waals surface area contributed by atoms with Crippen molar-refractivity contribution >= 4 is 46.4 Å². The van der Waals surface area contributed by atoms with E-state index in [1.54, 1.807) is 0 Å². The molecule has 0 aliphatic carbocycles. The highest BCUT2D eigenvalue weighted by Crippen LogP contribution is 2.32. The minimum absolute atomic E-state index is 0.191. The van der Waals surface area contributed by atoms with Gasteiger partial charge in [0.2, 0.25) is 5.91 Å². The first-order valence-electron chi connectivity index (χ1n) is 6.33. The Balaban J connectivity index is 1.80. The molecule has 110 valence electrons. The van der Waals surface area contributed by atoms with Gasteiger partial charge in [0.1, 0.15) is 0 Å². The van der Waals surface area contributed by atoms with Crippen molar-refractivity contribution in [2.75, 3.05) is 25.0 Å². The number of carbonyl (C=O) groups is 1. The minimum atomic E-state index is -0.191. The second-order valence-corrected chi connectivity index (χ2v) is 5.78. The van der Waals surface area contributed by atoms with Crippen LogP contribution in [0, 0.1) is 0 Å². The number of halogens is 3. The molecule has 1 fully saturated rings. The van der Waals surface area contributed by atoms with Gasteiger partial charge in [0.15, 0.2) is 0 Å². The largest absolute Gasteiger partial charge is 0.377 e. The zero-order valence-corrected chi connectivity index (χ0v) is 13.0. The maximum Gasteiger partial charge on any atom is 0.238 e. The summed E-state index contributed by atoms with van der Waals surface area (Å²) >= 11 is 17.7. The van der Waals surface area contributed by atoms with E-state index in [0.29, 0.717) is 27.3 Å². The normalized spacial score (nSPS) is 18.2. The summed E-state index contributed by atoms with van der Waals surface area (Å²) in [6.07, 6.45) is 2.32. The van der Waals surface area contributed by atoms with Gasteiger partial charge in [-0.15, -0.1) is 0 Å². The van der Waals surface area contributed by atoms with E-state index in [2.05, 4.69) is 10.6 Å². The van der Waals surface area contributed by atoms with E-state index in [1.165, 1.54) is 12.1 Å². The molecule has 1 heterocycles. The number of nitrogens with one attached hydrogen (secondary N) is 2. The highest BCUT2D eigenvalue weighted by molar-refractivity contribution is 6.44. The fourth-order valence-electron chi connectivity index (χ4n) is 1.96. The average molecular weight is 338 g/mol. The van der Waals surface area contributed by atoms with Crippen molar-refractivity contribution in [1.82, 2.24) is 5.32 Å². The first kappa shape index (κ1) is 15.9. The highest BCUT2D eigenvalue weighted by Gasteiger charge is 2.15. The predicted molar refractivity (Wildman–Crippen MR) is 81.9 cm³/mol. The van der Waals surface area contributed by atoms with Gasteiger partial charge in [0, 0.05) is 13.2 Å². The molecule has 0 radical (unpaired) electrons. The third kappa shape index (κ3) is 4.50. The first-order chi connectivity index (χ1) is 9.56. The number of anilines is 1. The van der Waals surface area contributed by atoms with E-state index in [0.717, 1.165) is 19.4 Å². The fourth-order valence-corrected chi connectivity index (χ4v) is 2.56. The second kappa shape index (κ2) is 7.48. The Labute approximate surface area is 132 Å². The third-order valence-corrected chi connectivity index (χ3v) is 4.00. The third-order valence-electron chi connectivity index (χ3n) is 2.97. The van der Waals surface area contributed by atoms with Gasteiger partial charge in [0.25, 0.3) is 0 Å². The van der Waals surface area contributed by atoms with Crippen LogP contribution < -0.4 is 10.6 Å². The molecular formula is C13H15Cl3N2O2. The van der Waals surface area contributed by atoms with Gasteiger partial charge in [-0.1, -0.05) is 34.8 Å². The molecule has 2 N–H and O–H groups in total. The molecule has 1 unspecified atom stereocenters. The van der Waals surface area contributed by atoms with Crippen LogP contribution in [-0.4, -0.2) is 31.7 Å². The Morgan fingerprint density at radius 1 is 1.25 bits per heavy atom. The van der Waals surface area contributed by atoms with E-state index in [4.69, 9.17) is 39.5 Å². The monoisotopic (exact) mass is 336 g/mol. The van der Waals surface area contributed by atoms with Gasteiger partial charge >= 0.3 is 0 Å². The van der Waals surface area contributed by atoms with Gasteiger partial charge in [0.05, 0.1) is 33.4 Å². The van der Waals surface area contributed by atoms with Crippen molar-refractivity contribution in [3.63, 3.8) is 0 Å². The molecule has 1 aliphatic rings. The van der Waals surface area contributed by atoms with Crippen LogP contribution in [0.2, 0.25) is 15.1 Å². The fraction of sp³-hybridized carbons (Fsp3) is 0.462. The molecule has 1 amide bonds. The van der Waals surface area contributed by atoms with Crippen LogP contribution in [0.25, 0.3) is 0 Å². The molecule has 1 aromatic rings. The van der Waals surface area contributed by atoms with Gasteiger partial charge in [-0.3, -0.25) is 4.79 Å². The van der Waals surface area contributed by atoms with Crippen molar-refractivity contribution in [2.24, 2.45) is 0 Å². The molecule has 1 saturated heterocycles. The molecule has 0 bridgehead atoms. The lowest BCUT2D eigenvalue weighted by molar-refractivity contribution is -0.115. The lowest BCUT2D eigenvalue weighted by Gasteiger charge is -2.12. The van der Waals surface area contributed by atoms with E-state index < -0.39 is 0 Å². The summed E-state index contributed by atoms with van der Waals surface area (Å²) in [5.74, 6) is -0.191. The Hall–Kier alpha value is -0.520. The second-order valence-electron chi connectivity index (χ2n) is 4.56. The summed E-state index contributed by atoms with van der Waals surface area (Å²) in [4.78, 5) is 11.8. The van der Waals surface area contributed by atoms with E-state index in [9.17, 15) is 4.79 Å². The summed E-state index contributed by atoms with van der Waals surface area (Å²) in [5.41, 5.74) is 0.449. The van der Waals surface area contributed by atoms with Crippen molar-refractivity contribution < 1.29 is 9.53 Å². The number of rotatable bonds is 5. The Morgan fingerprint density at radius 3 is 2.70 bits per heavy atom. The summed E-state index contributed by atoms with van der Waals surface area (Å²) < 4.78 is 5.45. The predicted octanol–water partition coefficient (Wildman–Crippen LogP) is 3.35. The van der Waals surface area contributed by atoms with Crippen molar-refractivity contribution in [3.8, 4) is 0 Å². The molecule has 20 heavy (non-hydrogen) atoms. The Bertz CT molecular complexity index is 491. The molecule has 0 saturated carbocycles. The molecule has 1 atom stereocenters. The van der Waals surface area contributed by atoms with Crippen LogP contribution in [0.3, 0.4) is 0 Å². The van der Waals surface area contributed by atoms with Crippen LogP contribution in [-0.2, 0) is 9.53 Å². The molecule has 4 nitrogen and oxygen atoms in total. The number of hydrogen-bond acceptors (Lipinski definition) is 3. The van der Waals surface area contributed by atoms with Gasteiger partial charge in [-0.05, 0) is 25.0 Å². The highest BCUT2D eigenvalue weighted by atomic mass is 35.5. The van der Waals surface area contributed by atoms with Gasteiger partial charge in [-0.2, -0.15) is 0 Å². The molecule has 2 rings (SSSR count). The SMILES string of the molecule is O=C(CNCC1CCCO1)Nc1cc(Cl)c(Cl)cc1Cl. The van der Waals surface area contributed by atoms with Crippen molar-refractivity contribution in [3.05, 3.63) is 27.2 Å². The maximum absolute atomic E-state index is 11.8. The number of benzene rings is 1. The first-order valence-corrected chi connectivity index (χ1v) is 7.46. The molecule has 1 aromatic carbocycles. The van der Waals surface area contributed by atoms with Crippen molar-refractivity contribution in [2.45, 2.75) is 18.9 Å². The number of hydrogen-bond donors (Lipinski definition) is 2. The molecule has 0 aromatic heterocycles. The van der Waals surface area contributed by atoms with Crippen molar-refractivity contribution in [1.29, 1.82) is 0 Å².